The van der Waals surface area contributed by atoms with Gasteiger partial charge in [-0.05, 0) is 36.1 Å². The first kappa shape index (κ1) is 21.7. The van der Waals surface area contributed by atoms with Crippen LogP contribution < -0.4 is 16.4 Å². The van der Waals surface area contributed by atoms with Gasteiger partial charge >= 0.3 is 0 Å². The second-order valence-electron chi connectivity index (χ2n) is 6.10. The highest BCUT2D eigenvalue weighted by Crippen LogP contribution is 2.23. The second kappa shape index (κ2) is 10.6. The highest BCUT2D eigenvalue weighted by molar-refractivity contribution is 6.03. The molecule has 0 aliphatic carbocycles. The Balaban J connectivity index is 0.00000338. The third kappa shape index (κ3) is 5.86. The molecule has 4 N–H and O–H groups in total. The van der Waals surface area contributed by atoms with Gasteiger partial charge in [0.2, 0.25) is 5.91 Å². The molecule has 0 aromatic heterocycles. The van der Waals surface area contributed by atoms with Crippen molar-refractivity contribution in [2.75, 3.05) is 18.4 Å². The number of carbonyl (C=O) groups is 2. The molecular weight excluding hydrogens is 350 g/mol. The molecule has 5 nitrogen and oxygen atoms in total. The summed E-state index contributed by atoms with van der Waals surface area (Å²) in [6.45, 7) is 4.84. The zero-order chi connectivity index (χ0) is 18.2. The number of aryl methyl sites for hydroxylation is 1. The van der Waals surface area contributed by atoms with Gasteiger partial charge in [0.25, 0.3) is 5.91 Å². The van der Waals surface area contributed by atoms with Crippen LogP contribution in [0.15, 0.2) is 48.5 Å². The van der Waals surface area contributed by atoms with Crippen LogP contribution in [0.2, 0.25) is 0 Å². The summed E-state index contributed by atoms with van der Waals surface area (Å²) in [7, 11) is 0. The van der Waals surface area contributed by atoms with Crippen LogP contribution >= 0.6 is 12.4 Å². The van der Waals surface area contributed by atoms with Crippen molar-refractivity contribution >= 4 is 29.9 Å². The number of carbonyl (C=O) groups excluding carboxylic acids is 2. The lowest BCUT2D eigenvalue weighted by molar-refractivity contribution is -0.116. The summed E-state index contributed by atoms with van der Waals surface area (Å²) in [5.74, 6) is -0.262. The molecule has 0 fully saturated rings. The minimum absolute atomic E-state index is 0. The standard InChI is InChI=1S/C20H25N3O2.ClH/c1-14-7-3-4-8-16(14)15(2)13-19(24)23-18-10-6-5-9-17(18)20(25)22-12-11-21;/h3-10,15H,11-13,21H2,1-2H3,(H,22,25)(H,23,24);1H. The molecule has 0 aliphatic rings. The van der Waals surface area contributed by atoms with E-state index in [0.29, 0.717) is 30.8 Å². The number of benzene rings is 2. The SMILES string of the molecule is Cc1ccccc1C(C)CC(=O)Nc1ccccc1C(=O)NCCN.Cl. The molecule has 0 saturated heterocycles. The van der Waals surface area contributed by atoms with E-state index in [2.05, 4.69) is 10.6 Å². The third-order valence-corrected chi connectivity index (χ3v) is 4.09. The molecule has 2 amide bonds. The average molecular weight is 376 g/mol. The van der Waals surface area contributed by atoms with Gasteiger partial charge in [0, 0.05) is 19.5 Å². The van der Waals surface area contributed by atoms with E-state index in [1.165, 1.54) is 5.56 Å². The van der Waals surface area contributed by atoms with Crippen LogP contribution in [0.3, 0.4) is 0 Å². The second-order valence-corrected chi connectivity index (χ2v) is 6.10. The van der Waals surface area contributed by atoms with Gasteiger partial charge in [0.1, 0.15) is 0 Å². The Bertz CT molecular complexity index is 749. The Morgan fingerprint density at radius 2 is 1.73 bits per heavy atom. The summed E-state index contributed by atoms with van der Waals surface area (Å²) in [6.07, 6.45) is 0.351. The molecule has 2 aromatic rings. The Hall–Kier alpha value is -2.37. The molecule has 6 heteroatoms. The largest absolute Gasteiger partial charge is 0.351 e. The normalized spacial score (nSPS) is 11.2. The zero-order valence-electron chi connectivity index (χ0n) is 15.1. The number of para-hydroxylation sites is 1. The predicted molar refractivity (Wildman–Crippen MR) is 108 cm³/mol. The van der Waals surface area contributed by atoms with E-state index >= 15 is 0 Å². The van der Waals surface area contributed by atoms with Gasteiger partial charge in [-0.1, -0.05) is 43.3 Å². The Labute approximate surface area is 160 Å². The maximum absolute atomic E-state index is 12.4. The molecular formula is C20H26ClN3O2. The lowest BCUT2D eigenvalue weighted by Crippen LogP contribution is -2.30. The van der Waals surface area contributed by atoms with Crippen LogP contribution in [0, 0.1) is 6.92 Å². The van der Waals surface area contributed by atoms with Crippen molar-refractivity contribution in [3.05, 3.63) is 65.2 Å². The van der Waals surface area contributed by atoms with E-state index in [9.17, 15) is 9.59 Å². The summed E-state index contributed by atoms with van der Waals surface area (Å²) in [4.78, 5) is 24.6. The van der Waals surface area contributed by atoms with Gasteiger partial charge < -0.3 is 16.4 Å². The third-order valence-electron chi connectivity index (χ3n) is 4.09. The summed E-state index contributed by atoms with van der Waals surface area (Å²) in [5.41, 5.74) is 8.69. The minimum atomic E-state index is -0.242. The smallest absolute Gasteiger partial charge is 0.253 e. The quantitative estimate of drug-likeness (QED) is 0.694. The topological polar surface area (TPSA) is 84.2 Å². The number of rotatable bonds is 7. The number of nitrogens with two attached hydrogens (primary N) is 1. The number of amides is 2. The van der Waals surface area contributed by atoms with E-state index in [4.69, 9.17) is 5.73 Å². The first-order valence-corrected chi connectivity index (χ1v) is 8.45. The average Bonchev–Trinajstić information content (AvgIpc) is 2.60. The summed E-state index contributed by atoms with van der Waals surface area (Å²) >= 11 is 0. The Morgan fingerprint density at radius 1 is 1.08 bits per heavy atom. The van der Waals surface area contributed by atoms with Crippen molar-refractivity contribution < 1.29 is 9.59 Å². The van der Waals surface area contributed by atoms with Crippen LogP contribution in [0.25, 0.3) is 0 Å². The molecule has 1 unspecified atom stereocenters. The first-order valence-electron chi connectivity index (χ1n) is 8.45. The predicted octanol–water partition coefficient (Wildman–Crippen LogP) is 3.24. The number of nitrogens with one attached hydrogen (secondary N) is 2. The number of hydrogen-bond acceptors (Lipinski definition) is 3. The van der Waals surface area contributed by atoms with E-state index in [1.54, 1.807) is 24.3 Å². The van der Waals surface area contributed by atoms with Crippen molar-refractivity contribution in [1.29, 1.82) is 0 Å². The van der Waals surface area contributed by atoms with Crippen LogP contribution in [-0.4, -0.2) is 24.9 Å². The zero-order valence-corrected chi connectivity index (χ0v) is 15.9. The minimum Gasteiger partial charge on any atom is -0.351 e. The molecule has 0 saturated carbocycles. The maximum Gasteiger partial charge on any atom is 0.253 e. The van der Waals surface area contributed by atoms with Crippen LogP contribution in [0.4, 0.5) is 5.69 Å². The molecule has 0 radical (unpaired) electrons. The van der Waals surface area contributed by atoms with Crippen LogP contribution in [-0.2, 0) is 4.79 Å². The number of halogens is 1. The highest BCUT2D eigenvalue weighted by atomic mass is 35.5. The molecule has 0 heterocycles. The van der Waals surface area contributed by atoms with E-state index in [-0.39, 0.29) is 30.1 Å². The van der Waals surface area contributed by atoms with Crippen molar-refractivity contribution in [2.24, 2.45) is 5.73 Å². The van der Waals surface area contributed by atoms with Crippen LogP contribution in [0.5, 0.6) is 0 Å². The van der Waals surface area contributed by atoms with E-state index in [1.807, 2.05) is 38.1 Å². The number of anilines is 1. The molecule has 140 valence electrons. The van der Waals surface area contributed by atoms with Gasteiger partial charge in [0.05, 0.1) is 11.3 Å². The molecule has 0 aliphatic heterocycles. The Kier molecular flexibility index (Phi) is 8.82. The molecule has 1 atom stereocenters. The van der Waals surface area contributed by atoms with Crippen molar-refractivity contribution in [1.82, 2.24) is 5.32 Å². The fourth-order valence-electron chi connectivity index (χ4n) is 2.80. The van der Waals surface area contributed by atoms with Gasteiger partial charge in [-0.15, -0.1) is 12.4 Å². The lowest BCUT2D eigenvalue weighted by Gasteiger charge is -2.16. The van der Waals surface area contributed by atoms with Gasteiger partial charge in [-0.25, -0.2) is 0 Å². The lowest BCUT2D eigenvalue weighted by atomic mass is 9.93. The van der Waals surface area contributed by atoms with Gasteiger partial charge in [-0.2, -0.15) is 0 Å². The molecule has 0 spiro atoms. The van der Waals surface area contributed by atoms with E-state index < -0.39 is 0 Å². The first-order chi connectivity index (χ1) is 12.0. The maximum atomic E-state index is 12.4. The van der Waals surface area contributed by atoms with Crippen LogP contribution in [0.1, 0.15) is 40.7 Å². The number of hydrogen-bond donors (Lipinski definition) is 3. The molecule has 2 rings (SSSR count). The fourth-order valence-corrected chi connectivity index (χ4v) is 2.80. The van der Waals surface area contributed by atoms with E-state index in [0.717, 1.165) is 5.56 Å². The highest BCUT2D eigenvalue weighted by Gasteiger charge is 2.16. The molecule has 26 heavy (non-hydrogen) atoms. The monoisotopic (exact) mass is 375 g/mol. The fraction of sp³-hybridized carbons (Fsp3) is 0.300. The molecule has 2 aromatic carbocycles. The summed E-state index contributed by atoms with van der Waals surface area (Å²) in [5, 5.41) is 5.58. The van der Waals surface area contributed by atoms with Gasteiger partial charge in [-0.3, -0.25) is 9.59 Å². The Morgan fingerprint density at radius 3 is 2.42 bits per heavy atom. The summed E-state index contributed by atoms with van der Waals surface area (Å²) < 4.78 is 0. The van der Waals surface area contributed by atoms with Crippen molar-refractivity contribution in [3.8, 4) is 0 Å². The van der Waals surface area contributed by atoms with Crippen molar-refractivity contribution in [2.45, 2.75) is 26.2 Å². The van der Waals surface area contributed by atoms with Gasteiger partial charge in [0.15, 0.2) is 0 Å². The van der Waals surface area contributed by atoms with Crippen molar-refractivity contribution in [3.63, 3.8) is 0 Å². The summed E-state index contributed by atoms with van der Waals surface area (Å²) in [6, 6.07) is 15.0. The molecule has 0 bridgehead atoms.